The number of carbonyl (C=O) groups is 1. The maximum absolute atomic E-state index is 11.9. The molecule has 2 aromatic rings. The summed E-state index contributed by atoms with van der Waals surface area (Å²) in [4.78, 5) is 25.1. The van der Waals surface area contributed by atoms with Gasteiger partial charge < -0.3 is 14.7 Å². The van der Waals surface area contributed by atoms with Crippen LogP contribution in [-0.2, 0) is 16.0 Å². The van der Waals surface area contributed by atoms with Crippen LogP contribution in [0, 0.1) is 0 Å². The van der Waals surface area contributed by atoms with Gasteiger partial charge in [0.15, 0.2) is 5.60 Å². The minimum Gasteiger partial charge on any atom is -0.464 e. The van der Waals surface area contributed by atoms with Gasteiger partial charge in [-0.05, 0) is 19.4 Å². The topological polar surface area (TPSA) is 75.6 Å². The van der Waals surface area contributed by atoms with E-state index < -0.39 is 11.6 Å². The molecule has 0 radical (unpaired) electrons. The first-order valence-corrected chi connectivity index (χ1v) is 8.77. The Bertz CT molecular complexity index is 708. The molecule has 0 amide bonds. The van der Waals surface area contributed by atoms with Gasteiger partial charge in [-0.1, -0.05) is 6.92 Å². The highest BCUT2D eigenvalue weighted by molar-refractivity contribution is 7.18. The van der Waals surface area contributed by atoms with E-state index in [0.29, 0.717) is 25.9 Å². The fourth-order valence-corrected chi connectivity index (χ4v) is 3.81. The van der Waals surface area contributed by atoms with Crippen molar-refractivity contribution in [2.45, 2.75) is 38.7 Å². The lowest BCUT2D eigenvalue weighted by atomic mass is 9.91. The highest BCUT2D eigenvalue weighted by atomic mass is 32.1. The molecule has 1 aliphatic rings. The van der Waals surface area contributed by atoms with E-state index in [2.05, 4.69) is 27.9 Å². The number of rotatable bonds is 4. The van der Waals surface area contributed by atoms with Crippen LogP contribution in [0.1, 0.15) is 31.6 Å². The van der Waals surface area contributed by atoms with E-state index in [1.54, 1.807) is 24.6 Å². The van der Waals surface area contributed by atoms with Crippen LogP contribution in [0.5, 0.6) is 0 Å². The van der Waals surface area contributed by atoms with Gasteiger partial charge in [-0.25, -0.2) is 14.8 Å². The molecule has 23 heavy (non-hydrogen) atoms. The molecular formula is C16H21N3O3S. The van der Waals surface area contributed by atoms with E-state index in [1.807, 2.05) is 0 Å². The number of aliphatic hydroxyl groups is 1. The molecule has 124 valence electrons. The fourth-order valence-electron chi connectivity index (χ4n) is 2.88. The maximum atomic E-state index is 11.9. The van der Waals surface area contributed by atoms with Crippen molar-refractivity contribution < 1.29 is 14.6 Å². The predicted molar refractivity (Wildman–Crippen MR) is 89.8 cm³/mol. The highest BCUT2D eigenvalue weighted by Gasteiger charge is 2.41. The van der Waals surface area contributed by atoms with Gasteiger partial charge in [-0.2, -0.15) is 0 Å². The molecule has 0 aromatic carbocycles. The number of piperidine rings is 1. The third kappa shape index (κ3) is 3.03. The summed E-state index contributed by atoms with van der Waals surface area (Å²) in [5.41, 5.74) is -1.37. The van der Waals surface area contributed by atoms with Crippen LogP contribution in [0.3, 0.4) is 0 Å². The van der Waals surface area contributed by atoms with Crippen LogP contribution >= 0.6 is 11.3 Å². The van der Waals surface area contributed by atoms with Gasteiger partial charge in [-0.3, -0.25) is 0 Å². The number of aryl methyl sites for hydroxylation is 1. The number of hydrogen-bond acceptors (Lipinski definition) is 7. The van der Waals surface area contributed by atoms with Crippen LogP contribution in [-0.4, -0.2) is 46.3 Å². The van der Waals surface area contributed by atoms with Crippen LogP contribution in [0.15, 0.2) is 12.4 Å². The molecule has 0 unspecified atom stereocenters. The van der Waals surface area contributed by atoms with E-state index in [9.17, 15) is 9.90 Å². The first-order valence-electron chi connectivity index (χ1n) is 7.95. The predicted octanol–water partition coefficient (Wildman–Crippen LogP) is 2.15. The van der Waals surface area contributed by atoms with Crippen molar-refractivity contribution in [1.82, 2.24) is 9.97 Å². The Morgan fingerprint density at radius 2 is 2.13 bits per heavy atom. The van der Waals surface area contributed by atoms with Gasteiger partial charge in [0, 0.05) is 30.8 Å². The zero-order chi connectivity index (χ0) is 16.4. The first-order chi connectivity index (χ1) is 11.1. The second-order valence-electron chi connectivity index (χ2n) is 5.72. The maximum Gasteiger partial charge on any atom is 0.338 e. The number of thiophene rings is 1. The number of fused-ring (bicyclic) bond motifs is 1. The molecule has 1 aliphatic heterocycles. The zero-order valence-corrected chi connectivity index (χ0v) is 14.2. The van der Waals surface area contributed by atoms with Crippen LogP contribution in [0.4, 0.5) is 5.82 Å². The number of ether oxygens (including phenoxy) is 1. The molecule has 3 heterocycles. The molecule has 0 atom stereocenters. The summed E-state index contributed by atoms with van der Waals surface area (Å²) in [6.45, 7) is 5.29. The summed E-state index contributed by atoms with van der Waals surface area (Å²) in [5.74, 6) is 0.369. The molecule has 2 aromatic heterocycles. The number of nitrogens with zero attached hydrogens (tertiary/aromatic N) is 3. The van der Waals surface area contributed by atoms with Gasteiger partial charge in [0.05, 0.1) is 12.0 Å². The summed E-state index contributed by atoms with van der Waals surface area (Å²) in [6, 6.07) is 2.14. The van der Waals surface area contributed by atoms with Crippen molar-refractivity contribution in [3.63, 3.8) is 0 Å². The summed E-state index contributed by atoms with van der Waals surface area (Å²) >= 11 is 1.69. The molecule has 7 heteroatoms. The van der Waals surface area contributed by atoms with Gasteiger partial charge in [0.2, 0.25) is 0 Å². The number of carbonyl (C=O) groups excluding carboxylic acids is 1. The van der Waals surface area contributed by atoms with Gasteiger partial charge >= 0.3 is 5.97 Å². The van der Waals surface area contributed by atoms with E-state index in [1.165, 1.54) is 4.88 Å². The number of esters is 1. The lowest BCUT2D eigenvalue weighted by Crippen LogP contribution is -2.50. The van der Waals surface area contributed by atoms with Gasteiger partial charge in [0.25, 0.3) is 0 Å². The van der Waals surface area contributed by atoms with E-state index >= 15 is 0 Å². The lowest BCUT2D eigenvalue weighted by molar-refractivity contribution is -0.167. The average molecular weight is 335 g/mol. The second kappa shape index (κ2) is 6.41. The molecule has 0 bridgehead atoms. The van der Waals surface area contributed by atoms with Crippen molar-refractivity contribution in [2.75, 3.05) is 24.6 Å². The van der Waals surface area contributed by atoms with Crippen molar-refractivity contribution in [3.8, 4) is 0 Å². The molecule has 6 nitrogen and oxygen atoms in total. The van der Waals surface area contributed by atoms with Crippen molar-refractivity contribution in [3.05, 3.63) is 17.3 Å². The summed E-state index contributed by atoms with van der Waals surface area (Å²) in [6.07, 6.45) is 3.26. The molecule has 1 saturated heterocycles. The Balaban J connectivity index is 1.80. The van der Waals surface area contributed by atoms with Crippen molar-refractivity contribution in [2.24, 2.45) is 0 Å². The SMILES string of the molecule is CCOC(=O)C1(O)CCN(c2ncnc3sc(CC)cc23)CC1. The summed E-state index contributed by atoms with van der Waals surface area (Å²) in [5, 5.41) is 11.5. The Kier molecular flexibility index (Phi) is 4.50. The Labute approximate surface area is 139 Å². The first kappa shape index (κ1) is 16.1. The van der Waals surface area contributed by atoms with E-state index in [-0.39, 0.29) is 6.61 Å². The third-order valence-corrected chi connectivity index (χ3v) is 5.44. The van der Waals surface area contributed by atoms with Crippen molar-refractivity contribution >= 4 is 33.3 Å². The average Bonchev–Trinajstić information content (AvgIpc) is 2.99. The normalized spacial score (nSPS) is 17.4. The standard InChI is InChI=1S/C16H21N3O3S/c1-3-11-9-12-13(17-10-18-14(12)23-11)19-7-5-16(21,6-8-19)15(20)22-4-2/h9-10,21H,3-8H2,1-2H3. The number of anilines is 1. The highest BCUT2D eigenvalue weighted by Crippen LogP contribution is 2.33. The molecule has 3 rings (SSSR count). The largest absolute Gasteiger partial charge is 0.464 e. The van der Waals surface area contributed by atoms with Gasteiger partial charge in [0.1, 0.15) is 17.0 Å². The van der Waals surface area contributed by atoms with Crippen LogP contribution < -0.4 is 4.90 Å². The second-order valence-corrected chi connectivity index (χ2v) is 6.84. The molecule has 1 N–H and O–H groups in total. The molecule has 0 aliphatic carbocycles. The Morgan fingerprint density at radius 3 is 2.78 bits per heavy atom. The number of aromatic nitrogens is 2. The van der Waals surface area contributed by atoms with Crippen molar-refractivity contribution in [1.29, 1.82) is 0 Å². The molecular weight excluding hydrogens is 314 g/mol. The van der Waals surface area contributed by atoms with E-state index in [0.717, 1.165) is 22.5 Å². The third-order valence-electron chi connectivity index (χ3n) is 4.25. The smallest absolute Gasteiger partial charge is 0.338 e. The monoisotopic (exact) mass is 335 g/mol. The minimum atomic E-state index is -1.37. The summed E-state index contributed by atoms with van der Waals surface area (Å²) < 4.78 is 4.98. The Morgan fingerprint density at radius 1 is 1.39 bits per heavy atom. The fraction of sp³-hybridized carbons (Fsp3) is 0.562. The zero-order valence-electron chi connectivity index (χ0n) is 13.4. The Hall–Kier alpha value is -1.73. The van der Waals surface area contributed by atoms with Gasteiger partial charge in [-0.15, -0.1) is 11.3 Å². The lowest BCUT2D eigenvalue weighted by Gasteiger charge is -2.37. The molecule has 0 spiro atoms. The quantitative estimate of drug-likeness (QED) is 0.863. The summed E-state index contributed by atoms with van der Waals surface area (Å²) in [7, 11) is 0. The van der Waals surface area contributed by atoms with Crippen LogP contribution in [0.2, 0.25) is 0 Å². The van der Waals surface area contributed by atoms with E-state index in [4.69, 9.17) is 4.74 Å². The van der Waals surface area contributed by atoms with Crippen LogP contribution in [0.25, 0.3) is 10.2 Å². The molecule has 1 fully saturated rings. The molecule has 0 saturated carbocycles. The number of hydrogen-bond donors (Lipinski definition) is 1. The minimum absolute atomic E-state index is 0.284.